The standard InChI is InChI=1S/C27H25FN4O/c1-19(13-14-20-7-3-2-4-8-20)30-27(33)22-10-6-12-24(18-22)31-25-15-16-29-26(32-25)21-9-5-11-23(28)17-21/h2-12,15-19H,13-14H2,1H3,(H,30,33)(H,29,31,32). The van der Waals surface area contributed by atoms with E-state index in [1.165, 1.54) is 17.7 Å². The fourth-order valence-electron chi connectivity index (χ4n) is 3.49. The third-order valence-electron chi connectivity index (χ3n) is 5.22. The van der Waals surface area contributed by atoms with Gasteiger partial charge in [0.2, 0.25) is 0 Å². The zero-order valence-corrected chi connectivity index (χ0v) is 18.3. The predicted octanol–water partition coefficient (Wildman–Crippen LogP) is 5.78. The number of nitrogens with zero attached hydrogens (tertiary/aromatic N) is 2. The second kappa shape index (κ2) is 10.5. The van der Waals surface area contributed by atoms with Gasteiger partial charge in [-0.2, -0.15) is 0 Å². The van der Waals surface area contributed by atoms with Crippen molar-refractivity contribution in [3.05, 3.63) is 108 Å². The van der Waals surface area contributed by atoms with Crippen LogP contribution in [-0.4, -0.2) is 21.9 Å². The van der Waals surface area contributed by atoms with Crippen LogP contribution in [0.25, 0.3) is 11.4 Å². The summed E-state index contributed by atoms with van der Waals surface area (Å²) in [5.74, 6) is 0.507. The van der Waals surface area contributed by atoms with Crippen LogP contribution in [0.5, 0.6) is 0 Å². The zero-order valence-electron chi connectivity index (χ0n) is 18.3. The smallest absolute Gasteiger partial charge is 0.251 e. The van der Waals surface area contributed by atoms with Gasteiger partial charge < -0.3 is 10.6 Å². The monoisotopic (exact) mass is 440 g/mol. The van der Waals surface area contributed by atoms with Crippen LogP contribution >= 0.6 is 0 Å². The van der Waals surface area contributed by atoms with E-state index in [0.29, 0.717) is 22.8 Å². The molecule has 0 spiro atoms. The molecule has 3 aromatic carbocycles. The highest BCUT2D eigenvalue weighted by atomic mass is 19.1. The minimum atomic E-state index is -0.342. The Morgan fingerprint density at radius 3 is 2.61 bits per heavy atom. The van der Waals surface area contributed by atoms with Crippen molar-refractivity contribution in [1.82, 2.24) is 15.3 Å². The van der Waals surface area contributed by atoms with Gasteiger partial charge in [0.15, 0.2) is 5.82 Å². The van der Waals surface area contributed by atoms with Crippen molar-refractivity contribution in [2.24, 2.45) is 0 Å². The predicted molar refractivity (Wildman–Crippen MR) is 129 cm³/mol. The van der Waals surface area contributed by atoms with Crippen LogP contribution in [0.2, 0.25) is 0 Å². The first-order valence-electron chi connectivity index (χ1n) is 10.9. The third kappa shape index (κ3) is 6.23. The molecule has 4 rings (SSSR count). The minimum absolute atomic E-state index is 0.0463. The lowest BCUT2D eigenvalue weighted by atomic mass is 10.1. The highest BCUT2D eigenvalue weighted by molar-refractivity contribution is 5.95. The average molecular weight is 441 g/mol. The number of anilines is 2. The van der Waals surface area contributed by atoms with Gasteiger partial charge in [-0.15, -0.1) is 0 Å². The molecule has 1 aromatic heterocycles. The molecule has 1 heterocycles. The van der Waals surface area contributed by atoms with Gasteiger partial charge in [-0.25, -0.2) is 14.4 Å². The number of benzene rings is 3. The maximum absolute atomic E-state index is 13.5. The molecule has 0 fully saturated rings. The molecule has 1 unspecified atom stereocenters. The molecule has 166 valence electrons. The van der Waals surface area contributed by atoms with Crippen molar-refractivity contribution < 1.29 is 9.18 Å². The van der Waals surface area contributed by atoms with Gasteiger partial charge in [0.05, 0.1) is 0 Å². The molecule has 33 heavy (non-hydrogen) atoms. The number of aromatic nitrogens is 2. The minimum Gasteiger partial charge on any atom is -0.350 e. The molecule has 0 saturated carbocycles. The second-order valence-electron chi connectivity index (χ2n) is 7.88. The Hall–Kier alpha value is -4.06. The van der Waals surface area contributed by atoms with Gasteiger partial charge in [-0.05, 0) is 61.7 Å². The van der Waals surface area contributed by atoms with Crippen LogP contribution in [0.4, 0.5) is 15.9 Å². The van der Waals surface area contributed by atoms with E-state index in [9.17, 15) is 9.18 Å². The summed E-state index contributed by atoms with van der Waals surface area (Å²) in [6.07, 6.45) is 3.38. The quantitative estimate of drug-likeness (QED) is 0.365. The SMILES string of the molecule is CC(CCc1ccccc1)NC(=O)c1cccc(Nc2ccnc(-c3cccc(F)c3)n2)c1. The molecule has 4 aromatic rings. The summed E-state index contributed by atoms with van der Waals surface area (Å²) in [5.41, 5.74) is 3.14. The molecular weight excluding hydrogens is 415 g/mol. The fraction of sp³-hybridized carbons (Fsp3) is 0.148. The Balaban J connectivity index is 1.39. The van der Waals surface area contributed by atoms with Gasteiger partial charge >= 0.3 is 0 Å². The van der Waals surface area contributed by atoms with Gasteiger partial charge in [0.1, 0.15) is 11.6 Å². The number of hydrogen-bond donors (Lipinski definition) is 2. The number of rotatable bonds is 8. The molecule has 0 aliphatic heterocycles. The molecule has 6 heteroatoms. The Morgan fingerprint density at radius 1 is 0.970 bits per heavy atom. The zero-order chi connectivity index (χ0) is 23.0. The lowest BCUT2D eigenvalue weighted by Crippen LogP contribution is -2.32. The first-order valence-corrected chi connectivity index (χ1v) is 10.9. The summed E-state index contributed by atoms with van der Waals surface area (Å²) in [6.45, 7) is 2.01. The van der Waals surface area contributed by atoms with Gasteiger partial charge in [0, 0.05) is 29.1 Å². The molecule has 5 nitrogen and oxygen atoms in total. The van der Waals surface area contributed by atoms with Crippen LogP contribution in [0.15, 0.2) is 91.1 Å². The molecule has 0 aliphatic rings. The van der Waals surface area contributed by atoms with Crippen molar-refractivity contribution in [2.45, 2.75) is 25.8 Å². The summed E-state index contributed by atoms with van der Waals surface area (Å²) >= 11 is 0. The molecule has 1 atom stereocenters. The van der Waals surface area contributed by atoms with Crippen molar-refractivity contribution >= 4 is 17.4 Å². The largest absolute Gasteiger partial charge is 0.350 e. The van der Waals surface area contributed by atoms with Gasteiger partial charge in [0.25, 0.3) is 5.91 Å². The number of carbonyl (C=O) groups excluding carboxylic acids is 1. The van der Waals surface area contributed by atoms with E-state index in [1.807, 2.05) is 37.3 Å². The van der Waals surface area contributed by atoms with Crippen LogP contribution in [0.3, 0.4) is 0 Å². The van der Waals surface area contributed by atoms with E-state index >= 15 is 0 Å². The molecule has 0 saturated heterocycles. The Morgan fingerprint density at radius 2 is 1.79 bits per heavy atom. The Bertz CT molecular complexity index is 1230. The molecule has 2 N–H and O–H groups in total. The van der Waals surface area contributed by atoms with E-state index in [1.54, 1.807) is 36.5 Å². The fourth-order valence-corrected chi connectivity index (χ4v) is 3.49. The van der Waals surface area contributed by atoms with Crippen molar-refractivity contribution in [1.29, 1.82) is 0 Å². The molecule has 0 radical (unpaired) electrons. The van der Waals surface area contributed by atoms with Crippen molar-refractivity contribution in [2.75, 3.05) is 5.32 Å². The van der Waals surface area contributed by atoms with Gasteiger partial charge in [-0.1, -0.05) is 48.5 Å². The first-order chi connectivity index (χ1) is 16.1. The maximum Gasteiger partial charge on any atom is 0.251 e. The summed E-state index contributed by atoms with van der Waals surface area (Å²) < 4.78 is 13.5. The van der Waals surface area contributed by atoms with Crippen LogP contribution in [0, 0.1) is 5.82 Å². The van der Waals surface area contributed by atoms with Gasteiger partial charge in [-0.3, -0.25) is 4.79 Å². The van der Waals surface area contributed by atoms with E-state index in [2.05, 4.69) is 32.7 Å². The first kappa shape index (κ1) is 22.1. The summed E-state index contributed by atoms with van der Waals surface area (Å²) in [4.78, 5) is 21.4. The maximum atomic E-state index is 13.5. The molecule has 1 amide bonds. The van der Waals surface area contributed by atoms with E-state index in [-0.39, 0.29) is 17.8 Å². The summed E-state index contributed by atoms with van der Waals surface area (Å²) in [7, 11) is 0. The lowest BCUT2D eigenvalue weighted by molar-refractivity contribution is 0.0938. The average Bonchev–Trinajstić information content (AvgIpc) is 2.84. The highest BCUT2D eigenvalue weighted by Crippen LogP contribution is 2.20. The summed E-state index contributed by atoms with van der Waals surface area (Å²) in [6, 6.07) is 25.4. The topological polar surface area (TPSA) is 66.9 Å². The normalized spacial score (nSPS) is 11.6. The highest BCUT2D eigenvalue weighted by Gasteiger charge is 2.11. The van der Waals surface area contributed by atoms with Crippen molar-refractivity contribution in [3.8, 4) is 11.4 Å². The number of nitrogens with one attached hydrogen (secondary N) is 2. The third-order valence-corrected chi connectivity index (χ3v) is 5.22. The number of carbonyl (C=O) groups is 1. The van der Waals surface area contributed by atoms with Crippen molar-refractivity contribution in [3.63, 3.8) is 0 Å². The second-order valence-corrected chi connectivity index (χ2v) is 7.88. The van der Waals surface area contributed by atoms with Crippen LogP contribution in [0.1, 0.15) is 29.3 Å². The van der Waals surface area contributed by atoms with Crippen LogP contribution in [-0.2, 0) is 6.42 Å². The Kier molecular flexibility index (Phi) is 7.05. The molecular formula is C27H25FN4O. The number of halogens is 1. The number of hydrogen-bond acceptors (Lipinski definition) is 4. The molecule has 0 bridgehead atoms. The number of amides is 1. The summed E-state index contributed by atoms with van der Waals surface area (Å²) in [5, 5.41) is 6.26. The van der Waals surface area contributed by atoms with E-state index in [0.717, 1.165) is 18.5 Å². The Labute approximate surface area is 192 Å². The van der Waals surface area contributed by atoms with Crippen LogP contribution < -0.4 is 10.6 Å². The molecule has 0 aliphatic carbocycles. The lowest BCUT2D eigenvalue weighted by Gasteiger charge is -2.15. The van der Waals surface area contributed by atoms with E-state index < -0.39 is 0 Å². The van der Waals surface area contributed by atoms with E-state index in [4.69, 9.17) is 0 Å². The number of aryl methyl sites for hydroxylation is 1.